The van der Waals surface area contributed by atoms with Crippen molar-refractivity contribution in [1.82, 2.24) is 0 Å². The maximum Gasteiger partial charge on any atom is 0.199 e. The second-order valence-corrected chi connectivity index (χ2v) is 5.42. The Morgan fingerprint density at radius 3 is 2.42 bits per heavy atom. The predicted octanol–water partition coefficient (Wildman–Crippen LogP) is 4.49. The lowest BCUT2D eigenvalue weighted by Gasteiger charge is -2.13. The van der Waals surface area contributed by atoms with E-state index in [-0.39, 0.29) is 11.4 Å². The fourth-order valence-electron chi connectivity index (χ4n) is 2.29. The molecule has 0 aliphatic carbocycles. The van der Waals surface area contributed by atoms with E-state index in [1.54, 1.807) is 55.6 Å². The van der Waals surface area contributed by atoms with Crippen molar-refractivity contribution in [3.05, 3.63) is 83.1 Å². The van der Waals surface area contributed by atoms with Crippen LogP contribution in [-0.2, 0) is 0 Å². The molecule has 0 bridgehead atoms. The number of hydrogen-bond donors (Lipinski definition) is 1. The first-order chi connectivity index (χ1) is 11.7. The molecule has 0 saturated heterocycles. The quantitative estimate of drug-likeness (QED) is 0.464. The predicted molar refractivity (Wildman–Crippen MR) is 95.2 cm³/mol. The lowest BCUT2D eigenvalue weighted by molar-refractivity contribution is 0.0987. The van der Waals surface area contributed by atoms with Gasteiger partial charge in [0.1, 0.15) is 11.9 Å². The zero-order valence-electron chi connectivity index (χ0n) is 14.0. The number of Topliss-reactive ketones (excluding diaryl/α,β-unsaturated/α-hetero) is 1. The third-order valence-corrected chi connectivity index (χ3v) is 3.68. The Labute approximate surface area is 142 Å². The molecular formula is C21H22O3. The van der Waals surface area contributed by atoms with Crippen molar-refractivity contribution in [1.29, 1.82) is 0 Å². The maximum absolute atomic E-state index is 12.8. The number of hydrogen-bond acceptors (Lipinski definition) is 3. The molecule has 2 aromatic carbocycles. The highest BCUT2D eigenvalue weighted by Crippen LogP contribution is 2.26. The number of ether oxygens (including phenoxy) is 1. The van der Waals surface area contributed by atoms with Crippen LogP contribution in [0.15, 0.2) is 72.0 Å². The summed E-state index contributed by atoms with van der Waals surface area (Å²) in [5, 5.41) is 10.7. The fourth-order valence-corrected chi connectivity index (χ4v) is 2.29. The van der Waals surface area contributed by atoms with E-state index in [9.17, 15) is 9.90 Å². The van der Waals surface area contributed by atoms with Gasteiger partial charge in [-0.15, -0.1) is 5.73 Å². The van der Waals surface area contributed by atoms with Crippen molar-refractivity contribution in [2.24, 2.45) is 0 Å². The molecule has 0 aromatic heterocycles. The number of rotatable bonds is 7. The third-order valence-electron chi connectivity index (χ3n) is 3.68. The van der Waals surface area contributed by atoms with Crippen LogP contribution in [0.5, 0.6) is 5.75 Å². The van der Waals surface area contributed by atoms with Crippen molar-refractivity contribution in [2.75, 3.05) is 7.11 Å². The second-order valence-electron chi connectivity index (χ2n) is 5.42. The molecule has 0 spiro atoms. The van der Waals surface area contributed by atoms with E-state index in [4.69, 9.17) is 4.74 Å². The summed E-state index contributed by atoms with van der Waals surface area (Å²) in [4.78, 5) is 12.8. The lowest BCUT2D eigenvalue weighted by atomic mass is 9.94. The van der Waals surface area contributed by atoms with Crippen LogP contribution in [0.1, 0.15) is 41.8 Å². The Morgan fingerprint density at radius 1 is 1.17 bits per heavy atom. The Balaban J connectivity index is 2.38. The lowest BCUT2D eigenvalue weighted by Crippen LogP contribution is -2.11. The summed E-state index contributed by atoms with van der Waals surface area (Å²) < 4.78 is 5.13. The van der Waals surface area contributed by atoms with E-state index >= 15 is 0 Å². The number of carbonyl (C=O) groups excluding carboxylic acids is 1. The highest BCUT2D eigenvalue weighted by atomic mass is 16.5. The molecule has 1 atom stereocenters. The Bertz CT molecular complexity index is 723. The first-order valence-corrected chi connectivity index (χ1v) is 8.04. The number of carbonyl (C=O) groups is 1. The number of aliphatic hydroxyl groups is 1. The van der Waals surface area contributed by atoms with Crippen LogP contribution in [0.4, 0.5) is 0 Å². The van der Waals surface area contributed by atoms with E-state index < -0.39 is 6.10 Å². The van der Waals surface area contributed by atoms with Gasteiger partial charge in [-0.25, -0.2) is 0 Å². The van der Waals surface area contributed by atoms with Crippen LogP contribution in [0.2, 0.25) is 0 Å². The number of ketones is 1. The molecule has 0 aliphatic heterocycles. The average molecular weight is 322 g/mol. The molecule has 0 saturated carbocycles. The van der Waals surface area contributed by atoms with Gasteiger partial charge in [0.15, 0.2) is 5.78 Å². The van der Waals surface area contributed by atoms with Gasteiger partial charge >= 0.3 is 0 Å². The third kappa shape index (κ3) is 4.45. The van der Waals surface area contributed by atoms with Gasteiger partial charge in [0.2, 0.25) is 0 Å². The Hall–Kier alpha value is -2.61. The summed E-state index contributed by atoms with van der Waals surface area (Å²) in [5.74, 6) is 0.485. The molecular weight excluding hydrogens is 300 g/mol. The molecule has 0 fully saturated rings. The van der Waals surface area contributed by atoms with E-state index in [2.05, 4.69) is 12.7 Å². The number of benzene rings is 2. The smallest absolute Gasteiger partial charge is 0.199 e. The van der Waals surface area contributed by atoms with Crippen molar-refractivity contribution >= 4 is 5.78 Å². The van der Waals surface area contributed by atoms with E-state index in [1.807, 2.05) is 12.1 Å². The molecule has 3 nitrogen and oxygen atoms in total. The number of aliphatic hydroxyl groups excluding tert-OH is 1. The normalized spacial score (nSPS) is 11.3. The van der Waals surface area contributed by atoms with Gasteiger partial charge in [0.25, 0.3) is 0 Å². The minimum atomic E-state index is -1.03. The van der Waals surface area contributed by atoms with Crippen LogP contribution in [0.25, 0.3) is 0 Å². The number of unbranched alkanes of at least 4 members (excludes halogenated alkanes) is 1. The molecule has 0 aliphatic rings. The van der Waals surface area contributed by atoms with Crippen molar-refractivity contribution < 1.29 is 14.6 Å². The summed E-state index contributed by atoms with van der Waals surface area (Å²) in [6.07, 6.45) is 2.54. The van der Waals surface area contributed by atoms with Gasteiger partial charge in [-0.05, 0) is 30.2 Å². The monoisotopic (exact) mass is 322 g/mol. The minimum Gasteiger partial charge on any atom is -0.497 e. The molecule has 0 amide bonds. The highest BCUT2D eigenvalue weighted by Gasteiger charge is 2.21. The molecule has 2 aromatic rings. The van der Waals surface area contributed by atoms with Gasteiger partial charge in [0.05, 0.1) is 12.7 Å². The Morgan fingerprint density at radius 2 is 1.83 bits per heavy atom. The minimum absolute atomic E-state index is 0.216. The summed E-state index contributed by atoms with van der Waals surface area (Å²) in [6.45, 7) is 2.05. The first-order valence-electron chi connectivity index (χ1n) is 8.04. The summed E-state index contributed by atoms with van der Waals surface area (Å²) in [6, 6.07) is 16.0. The van der Waals surface area contributed by atoms with Crippen LogP contribution >= 0.6 is 0 Å². The topological polar surface area (TPSA) is 46.5 Å². The average Bonchev–Trinajstić information content (AvgIpc) is 2.65. The molecule has 0 heterocycles. The SMILES string of the molecule is CCCC=C=C(C(=O)c1ccccc1)[C@H](O)c1ccc(OC)cc1. The standard InChI is InChI=1S/C21H22O3/c1-3-4-6-11-19(20(22)16-9-7-5-8-10-16)21(23)17-12-14-18(24-2)15-13-17/h5-10,12-15,21,23H,3-4H2,1-2H3/t11?,21-/m1/s1. The maximum atomic E-state index is 12.8. The molecule has 0 radical (unpaired) electrons. The molecule has 1 N–H and O–H groups in total. The molecule has 0 unspecified atom stereocenters. The second kappa shape index (κ2) is 8.88. The van der Waals surface area contributed by atoms with E-state index in [1.165, 1.54) is 0 Å². The summed E-state index contributed by atoms with van der Waals surface area (Å²) in [7, 11) is 1.59. The van der Waals surface area contributed by atoms with Gasteiger partial charge in [-0.3, -0.25) is 4.79 Å². The zero-order valence-corrected chi connectivity index (χ0v) is 14.0. The molecule has 3 heteroatoms. The van der Waals surface area contributed by atoms with E-state index in [0.29, 0.717) is 16.9 Å². The van der Waals surface area contributed by atoms with E-state index in [0.717, 1.165) is 12.8 Å². The van der Waals surface area contributed by atoms with Crippen LogP contribution in [0, 0.1) is 0 Å². The van der Waals surface area contributed by atoms with Gasteiger partial charge < -0.3 is 9.84 Å². The van der Waals surface area contributed by atoms with Crippen LogP contribution in [0.3, 0.4) is 0 Å². The van der Waals surface area contributed by atoms with Crippen LogP contribution < -0.4 is 4.74 Å². The van der Waals surface area contributed by atoms with Crippen molar-refractivity contribution in [3.63, 3.8) is 0 Å². The van der Waals surface area contributed by atoms with Gasteiger partial charge in [-0.1, -0.05) is 55.8 Å². The first kappa shape index (κ1) is 17.7. The molecule has 24 heavy (non-hydrogen) atoms. The van der Waals surface area contributed by atoms with Crippen LogP contribution in [-0.4, -0.2) is 18.0 Å². The zero-order chi connectivity index (χ0) is 17.4. The Kier molecular flexibility index (Phi) is 6.56. The molecule has 2 rings (SSSR count). The van der Waals surface area contributed by atoms with Crippen molar-refractivity contribution in [2.45, 2.75) is 25.9 Å². The number of methoxy groups -OCH3 is 1. The highest BCUT2D eigenvalue weighted by molar-refractivity contribution is 6.09. The van der Waals surface area contributed by atoms with Crippen molar-refractivity contribution in [3.8, 4) is 5.75 Å². The fraction of sp³-hybridized carbons (Fsp3) is 0.238. The van der Waals surface area contributed by atoms with Gasteiger partial charge in [0, 0.05) is 5.56 Å². The largest absolute Gasteiger partial charge is 0.497 e. The molecule has 124 valence electrons. The summed E-state index contributed by atoms with van der Waals surface area (Å²) in [5.41, 5.74) is 4.43. The summed E-state index contributed by atoms with van der Waals surface area (Å²) >= 11 is 0. The van der Waals surface area contributed by atoms with Gasteiger partial charge in [-0.2, -0.15) is 0 Å².